The molecule has 0 spiro atoms. The monoisotopic (exact) mass is 406 g/mol. The minimum absolute atomic E-state index is 0.0692. The van der Waals surface area contributed by atoms with E-state index in [4.69, 9.17) is 4.74 Å². The first-order chi connectivity index (χ1) is 14.1. The molecule has 8 heteroatoms. The lowest BCUT2D eigenvalue weighted by molar-refractivity contribution is 0.0457. The molecule has 146 valence electrons. The Bertz CT molecular complexity index is 1270. The van der Waals surface area contributed by atoms with E-state index < -0.39 is 5.97 Å². The van der Waals surface area contributed by atoms with Gasteiger partial charge in [-0.3, -0.25) is 9.20 Å². The van der Waals surface area contributed by atoms with Gasteiger partial charge in [-0.2, -0.15) is 5.10 Å². The van der Waals surface area contributed by atoms with Crippen LogP contribution in [0.5, 0.6) is 0 Å². The summed E-state index contributed by atoms with van der Waals surface area (Å²) in [6, 6.07) is 12.7. The molecule has 0 atom stereocenters. The molecule has 1 fully saturated rings. The van der Waals surface area contributed by atoms with Crippen molar-refractivity contribution in [1.82, 2.24) is 19.2 Å². The quantitative estimate of drug-likeness (QED) is 0.474. The lowest BCUT2D eigenvalue weighted by Crippen LogP contribution is -2.17. The standard InChI is InChI=1S/C21H18N4O3S/c1-13-12-29-21-22-15(9-19(26)24(13)21)11-28-20(27)18-10-17(14-7-8-14)23-25(18)16-5-3-2-4-6-16/h2-6,9-10,12,14H,7-8,11H2,1H3. The van der Waals surface area contributed by atoms with E-state index in [0.717, 1.165) is 29.9 Å². The van der Waals surface area contributed by atoms with E-state index in [2.05, 4.69) is 10.1 Å². The van der Waals surface area contributed by atoms with Crippen molar-refractivity contribution in [2.24, 2.45) is 0 Å². The first-order valence-corrected chi connectivity index (χ1v) is 10.3. The van der Waals surface area contributed by atoms with Crippen molar-refractivity contribution in [3.8, 4) is 5.69 Å². The SMILES string of the molecule is Cc1csc2nc(COC(=O)c3cc(C4CC4)nn3-c3ccccc3)cc(=O)n12. The Morgan fingerprint density at radius 2 is 2.03 bits per heavy atom. The van der Waals surface area contributed by atoms with Gasteiger partial charge in [-0.15, -0.1) is 11.3 Å². The van der Waals surface area contributed by atoms with Gasteiger partial charge in [0.1, 0.15) is 6.61 Å². The number of thiazole rings is 1. The number of hydrogen-bond donors (Lipinski definition) is 0. The van der Waals surface area contributed by atoms with Gasteiger partial charge in [0, 0.05) is 23.1 Å². The molecule has 1 aromatic carbocycles. The van der Waals surface area contributed by atoms with Crippen molar-refractivity contribution < 1.29 is 9.53 Å². The maximum atomic E-state index is 12.8. The molecule has 29 heavy (non-hydrogen) atoms. The minimum Gasteiger partial charge on any atom is -0.454 e. The number of fused-ring (bicyclic) bond motifs is 1. The van der Waals surface area contributed by atoms with Crippen molar-refractivity contribution in [2.75, 3.05) is 0 Å². The van der Waals surface area contributed by atoms with Crippen molar-refractivity contribution in [2.45, 2.75) is 32.3 Å². The van der Waals surface area contributed by atoms with Crippen LogP contribution in [-0.4, -0.2) is 25.1 Å². The van der Waals surface area contributed by atoms with E-state index in [1.54, 1.807) is 15.1 Å². The van der Waals surface area contributed by atoms with Crippen LogP contribution >= 0.6 is 11.3 Å². The molecule has 1 saturated carbocycles. The molecule has 7 nitrogen and oxygen atoms in total. The van der Waals surface area contributed by atoms with Crippen molar-refractivity contribution >= 4 is 22.3 Å². The summed E-state index contributed by atoms with van der Waals surface area (Å²) >= 11 is 1.38. The smallest absolute Gasteiger partial charge is 0.357 e. The van der Waals surface area contributed by atoms with Crippen LogP contribution in [0.25, 0.3) is 10.6 Å². The van der Waals surface area contributed by atoms with Gasteiger partial charge >= 0.3 is 5.97 Å². The van der Waals surface area contributed by atoms with E-state index >= 15 is 0 Å². The number of ether oxygens (including phenoxy) is 1. The molecule has 3 heterocycles. The molecule has 0 aliphatic heterocycles. The van der Waals surface area contributed by atoms with Gasteiger partial charge in [0.05, 0.1) is 17.1 Å². The predicted octanol–water partition coefficient (Wildman–Crippen LogP) is 3.48. The Kier molecular flexibility index (Phi) is 4.28. The number of aryl methyl sites for hydroxylation is 1. The molecule has 0 radical (unpaired) electrons. The van der Waals surface area contributed by atoms with Gasteiger partial charge in [0.25, 0.3) is 5.56 Å². The Morgan fingerprint density at radius 1 is 1.24 bits per heavy atom. The lowest BCUT2D eigenvalue weighted by Gasteiger charge is -2.08. The number of nitrogens with zero attached hydrogens (tertiary/aromatic N) is 4. The predicted molar refractivity (Wildman–Crippen MR) is 109 cm³/mol. The highest BCUT2D eigenvalue weighted by atomic mass is 32.1. The van der Waals surface area contributed by atoms with Crippen LogP contribution in [0.3, 0.4) is 0 Å². The molecular weight excluding hydrogens is 388 g/mol. The molecule has 0 saturated heterocycles. The van der Waals surface area contributed by atoms with Crippen molar-refractivity contribution in [1.29, 1.82) is 0 Å². The average molecular weight is 406 g/mol. The topological polar surface area (TPSA) is 78.5 Å². The summed E-state index contributed by atoms with van der Waals surface area (Å²) in [5, 5.41) is 6.50. The Hall–Kier alpha value is -3.26. The fourth-order valence-electron chi connectivity index (χ4n) is 3.28. The van der Waals surface area contributed by atoms with Crippen LogP contribution in [0.1, 0.15) is 46.3 Å². The number of rotatable bonds is 5. The van der Waals surface area contributed by atoms with Crippen LogP contribution in [0, 0.1) is 6.92 Å². The molecule has 1 aliphatic carbocycles. The van der Waals surface area contributed by atoms with Gasteiger partial charge < -0.3 is 4.74 Å². The van der Waals surface area contributed by atoms with E-state index in [-0.39, 0.29) is 12.2 Å². The second kappa shape index (κ2) is 6.97. The van der Waals surface area contributed by atoms with E-state index in [9.17, 15) is 9.59 Å². The Morgan fingerprint density at radius 3 is 2.79 bits per heavy atom. The lowest BCUT2D eigenvalue weighted by atomic mass is 10.2. The molecule has 1 aliphatic rings. The highest BCUT2D eigenvalue weighted by Gasteiger charge is 2.29. The summed E-state index contributed by atoms with van der Waals surface area (Å²) in [7, 11) is 0. The largest absolute Gasteiger partial charge is 0.454 e. The number of benzene rings is 1. The minimum atomic E-state index is -0.488. The van der Waals surface area contributed by atoms with Crippen LogP contribution < -0.4 is 5.56 Å². The van der Waals surface area contributed by atoms with Crippen molar-refractivity contribution in [3.63, 3.8) is 0 Å². The molecule has 0 bridgehead atoms. The normalized spacial score (nSPS) is 13.7. The maximum Gasteiger partial charge on any atom is 0.357 e. The molecule has 4 aromatic rings. The highest BCUT2D eigenvalue weighted by Crippen LogP contribution is 2.39. The molecule has 5 rings (SSSR count). The number of esters is 1. The van der Waals surface area contributed by atoms with Crippen molar-refractivity contribution in [3.05, 3.63) is 81.0 Å². The van der Waals surface area contributed by atoms with Crippen LogP contribution in [0.2, 0.25) is 0 Å². The summed E-state index contributed by atoms with van der Waals surface area (Å²) in [6.07, 6.45) is 2.18. The Balaban J connectivity index is 1.42. The van der Waals surface area contributed by atoms with E-state index in [1.165, 1.54) is 17.4 Å². The Labute approximate surface area is 170 Å². The third-order valence-electron chi connectivity index (χ3n) is 4.91. The first kappa shape index (κ1) is 17.8. The molecule has 3 aromatic heterocycles. The molecule has 0 amide bonds. The number of carbonyl (C=O) groups excluding carboxylic acids is 1. The maximum absolute atomic E-state index is 12.8. The van der Waals surface area contributed by atoms with E-state index in [1.807, 2.05) is 42.6 Å². The van der Waals surface area contributed by atoms with Crippen LogP contribution in [-0.2, 0) is 11.3 Å². The summed E-state index contributed by atoms with van der Waals surface area (Å²) in [5.74, 6) is -0.0738. The zero-order chi connectivity index (χ0) is 20.0. The second-order valence-electron chi connectivity index (χ2n) is 7.13. The van der Waals surface area contributed by atoms with Gasteiger partial charge in [-0.25, -0.2) is 14.5 Å². The number of hydrogen-bond acceptors (Lipinski definition) is 6. The van der Waals surface area contributed by atoms with Gasteiger partial charge in [-0.05, 0) is 38.0 Å². The molecule has 0 unspecified atom stereocenters. The summed E-state index contributed by atoms with van der Waals surface area (Å²) in [6.45, 7) is 1.79. The number of aromatic nitrogens is 4. The van der Waals surface area contributed by atoms with E-state index in [0.29, 0.717) is 22.3 Å². The zero-order valence-electron chi connectivity index (χ0n) is 15.7. The van der Waals surface area contributed by atoms with Gasteiger partial charge in [-0.1, -0.05) is 18.2 Å². The first-order valence-electron chi connectivity index (χ1n) is 9.39. The zero-order valence-corrected chi connectivity index (χ0v) is 16.6. The third-order valence-corrected chi connectivity index (χ3v) is 5.86. The van der Waals surface area contributed by atoms with Crippen LogP contribution in [0.15, 0.2) is 52.6 Å². The average Bonchev–Trinajstić information content (AvgIpc) is 3.37. The highest BCUT2D eigenvalue weighted by molar-refractivity contribution is 7.15. The van der Waals surface area contributed by atoms with Gasteiger partial charge in [0.2, 0.25) is 0 Å². The number of carbonyl (C=O) groups is 1. The summed E-state index contributed by atoms with van der Waals surface area (Å²) in [4.78, 5) is 30.1. The third kappa shape index (κ3) is 3.36. The summed E-state index contributed by atoms with van der Waals surface area (Å²) in [5.41, 5.74) is 3.18. The second-order valence-corrected chi connectivity index (χ2v) is 7.97. The summed E-state index contributed by atoms with van der Waals surface area (Å²) < 4.78 is 8.67. The fraction of sp³-hybridized carbons (Fsp3) is 0.238. The molecular formula is C21H18N4O3S. The van der Waals surface area contributed by atoms with Gasteiger partial charge in [0.15, 0.2) is 10.7 Å². The fourth-order valence-corrected chi connectivity index (χ4v) is 4.17. The van der Waals surface area contributed by atoms with Crippen LogP contribution in [0.4, 0.5) is 0 Å². The number of para-hydroxylation sites is 1. The molecule has 0 N–H and O–H groups in total.